The summed E-state index contributed by atoms with van der Waals surface area (Å²) in [7, 11) is 0. The first-order chi connectivity index (χ1) is 13.6. The van der Waals surface area contributed by atoms with Gasteiger partial charge in [-0.25, -0.2) is 4.79 Å². The number of carbonyl (C=O) groups excluding carboxylic acids is 2. The molecule has 3 aromatic rings. The SMILES string of the molecule is CCNC(=O)NC(=O)[C@@H](Sc1nnc(-c2cccc(C)c2)o1)c1ccccc1. The summed E-state index contributed by atoms with van der Waals surface area (Å²) in [5.41, 5.74) is 2.61. The monoisotopic (exact) mass is 396 g/mol. The van der Waals surface area contributed by atoms with Crippen molar-refractivity contribution in [2.45, 2.75) is 24.3 Å². The Morgan fingerprint density at radius 3 is 2.61 bits per heavy atom. The number of hydrogen-bond acceptors (Lipinski definition) is 6. The highest BCUT2D eigenvalue weighted by Gasteiger charge is 2.26. The van der Waals surface area contributed by atoms with Crippen molar-refractivity contribution < 1.29 is 14.0 Å². The smallest absolute Gasteiger partial charge is 0.321 e. The minimum absolute atomic E-state index is 0.247. The number of nitrogens with zero attached hydrogens (tertiary/aromatic N) is 2. The molecule has 8 heteroatoms. The van der Waals surface area contributed by atoms with E-state index in [-0.39, 0.29) is 5.22 Å². The van der Waals surface area contributed by atoms with Crippen molar-refractivity contribution in [1.29, 1.82) is 0 Å². The van der Waals surface area contributed by atoms with Gasteiger partial charge in [0.15, 0.2) is 0 Å². The number of nitrogens with one attached hydrogen (secondary N) is 2. The van der Waals surface area contributed by atoms with E-state index in [0.29, 0.717) is 12.4 Å². The zero-order valence-corrected chi connectivity index (χ0v) is 16.3. The molecule has 2 N–H and O–H groups in total. The molecule has 0 saturated carbocycles. The van der Waals surface area contributed by atoms with Crippen molar-refractivity contribution in [2.24, 2.45) is 0 Å². The number of hydrogen-bond donors (Lipinski definition) is 2. The molecule has 1 aromatic heterocycles. The van der Waals surface area contributed by atoms with Gasteiger partial charge in [0, 0.05) is 12.1 Å². The summed E-state index contributed by atoms with van der Waals surface area (Å²) >= 11 is 1.10. The van der Waals surface area contributed by atoms with Crippen molar-refractivity contribution >= 4 is 23.7 Å². The summed E-state index contributed by atoms with van der Waals surface area (Å²) in [5.74, 6) is -0.0837. The van der Waals surface area contributed by atoms with Gasteiger partial charge in [-0.3, -0.25) is 10.1 Å². The number of imide groups is 1. The molecule has 0 fully saturated rings. The Bertz CT molecular complexity index is 959. The highest BCUT2D eigenvalue weighted by atomic mass is 32.2. The summed E-state index contributed by atoms with van der Waals surface area (Å²) in [6, 6.07) is 16.3. The van der Waals surface area contributed by atoms with Gasteiger partial charge in [0.05, 0.1) is 0 Å². The number of aromatic nitrogens is 2. The summed E-state index contributed by atoms with van der Waals surface area (Å²) in [6.07, 6.45) is 0. The lowest BCUT2D eigenvalue weighted by Crippen LogP contribution is -2.41. The topological polar surface area (TPSA) is 97.1 Å². The molecule has 0 unspecified atom stereocenters. The molecule has 0 aliphatic rings. The van der Waals surface area contributed by atoms with Gasteiger partial charge < -0.3 is 9.73 Å². The summed E-state index contributed by atoms with van der Waals surface area (Å²) < 4.78 is 5.74. The van der Waals surface area contributed by atoms with E-state index < -0.39 is 17.2 Å². The largest absolute Gasteiger partial charge is 0.411 e. The predicted octanol–water partition coefficient (Wildman–Crippen LogP) is 3.72. The number of rotatable bonds is 6. The minimum Gasteiger partial charge on any atom is -0.411 e. The van der Waals surface area contributed by atoms with E-state index in [4.69, 9.17) is 4.42 Å². The lowest BCUT2D eigenvalue weighted by Gasteiger charge is -2.14. The molecule has 2 aromatic carbocycles. The first-order valence-corrected chi connectivity index (χ1v) is 9.65. The van der Waals surface area contributed by atoms with Crippen LogP contribution in [-0.2, 0) is 4.79 Å². The van der Waals surface area contributed by atoms with Crippen molar-refractivity contribution in [1.82, 2.24) is 20.8 Å². The molecular formula is C20H20N4O3S. The zero-order chi connectivity index (χ0) is 19.9. The fourth-order valence-corrected chi connectivity index (χ4v) is 3.41. The van der Waals surface area contributed by atoms with E-state index in [1.807, 2.05) is 61.5 Å². The maximum absolute atomic E-state index is 12.7. The van der Waals surface area contributed by atoms with Crippen LogP contribution < -0.4 is 10.6 Å². The molecule has 0 aliphatic heterocycles. The number of benzene rings is 2. The van der Waals surface area contributed by atoms with E-state index in [0.717, 1.165) is 28.5 Å². The van der Waals surface area contributed by atoms with Crippen LogP contribution in [0.1, 0.15) is 23.3 Å². The minimum atomic E-state index is -0.713. The van der Waals surface area contributed by atoms with Crippen LogP contribution in [0, 0.1) is 6.92 Å². The maximum atomic E-state index is 12.7. The van der Waals surface area contributed by atoms with Crippen LogP contribution in [0.5, 0.6) is 0 Å². The molecule has 0 saturated heterocycles. The molecule has 1 heterocycles. The van der Waals surface area contributed by atoms with Crippen LogP contribution in [0.4, 0.5) is 4.79 Å². The third-order valence-corrected chi connectivity index (χ3v) is 4.89. The highest BCUT2D eigenvalue weighted by molar-refractivity contribution is 8.00. The summed E-state index contributed by atoms with van der Waals surface area (Å²) in [5, 5.41) is 12.6. The van der Waals surface area contributed by atoms with Crippen LogP contribution >= 0.6 is 11.8 Å². The predicted molar refractivity (Wildman–Crippen MR) is 107 cm³/mol. The molecule has 3 rings (SSSR count). The van der Waals surface area contributed by atoms with Gasteiger partial charge in [-0.2, -0.15) is 0 Å². The average molecular weight is 396 g/mol. The second kappa shape index (κ2) is 9.18. The number of urea groups is 1. The van der Waals surface area contributed by atoms with Gasteiger partial charge in [-0.1, -0.05) is 48.0 Å². The van der Waals surface area contributed by atoms with Gasteiger partial charge in [0.2, 0.25) is 11.8 Å². The summed E-state index contributed by atoms with van der Waals surface area (Å²) in [4.78, 5) is 24.4. The van der Waals surface area contributed by atoms with E-state index in [1.54, 1.807) is 6.92 Å². The van der Waals surface area contributed by atoms with E-state index in [9.17, 15) is 9.59 Å². The zero-order valence-electron chi connectivity index (χ0n) is 15.5. The van der Waals surface area contributed by atoms with Crippen LogP contribution in [0.3, 0.4) is 0 Å². The third kappa shape index (κ3) is 4.98. The van der Waals surface area contributed by atoms with Crippen molar-refractivity contribution in [3.8, 4) is 11.5 Å². The third-order valence-electron chi connectivity index (χ3n) is 3.80. The Hall–Kier alpha value is -3.13. The molecule has 28 heavy (non-hydrogen) atoms. The van der Waals surface area contributed by atoms with Crippen LogP contribution in [0.2, 0.25) is 0 Å². The Kier molecular flexibility index (Phi) is 6.44. The molecule has 1 atom stereocenters. The molecule has 0 spiro atoms. The molecule has 0 aliphatic carbocycles. The maximum Gasteiger partial charge on any atom is 0.321 e. The normalized spacial score (nSPS) is 11.6. The first kappa shape index (κ1) is 19.6. The number of amides is 3. The van der Waals surface area contributed by atoms with E-state index in [1.165, 1.54) is 0 Å². The van der Waals surface area contributed by atoms with Gasteiger partial charge >= 0.3 is 6.03 Å². The Morgan fingerprint density at radius 2 is 1.89 bits per heavy atom. The Morgan fingerprint density at radius 1 is 1.11 bits per heavy atom. The Balaban J connectivity index is 1.82. The number of thioether (sulfide) groups is 1. The summed E-state index contributed by atoms with van der Waals surface area (Å²) in [6.45, 7) is 4.18. The van der Waals surface area contributed by atoms with Gasteiger partial charge in [0.25, 0.3) is 5.22 Å². The molecule has 0 bridgehead atoms. The van der Waals surface area contributed by atoms with Crippen LogP contribution in [0.15, 0.2) is 64.2 Å². The quantitative estimate of drug-likeness (QED) is 0.616. The van der Waals surface area contributed by atoms with Crippen molar-refractivity contribution in [3.63, 3.8) is 0 Å². The van der Waals surface area contributed by atoms with Gasteiger partial charge in [-0.15, -0.1) is 10.2 Å². The van der Waals surface area contributed by atoms with E-state index >= 15 is 0 Å². The van der Waals surface area contributed by atoms with E-state index in [2.05, 4.69) is 20.8 Å². The first-order valence-electron chi connectivity index (χ1n) is 8.77. The molecular weight excluding hydrogens is 376 g/mol. The van der Waals surface area contributed by atoms with Crippen molar-refractivity contribution in [2.75, 3.05) is 6.54 Å². The molecule has 7 nitrogen and oxygen atoms in total. The second-order valence-electron chi connectivity index (χ2n) is 6.00. The Labute approximate surface area is 166 Å². The number of aryl methyl sites for hydroxylation is 1. The second-order valence-corrected chi connectivity index (χ2v) is 7.06. The fraction of sp³-hybridized carbons (Fsp3) is 0.200. The standard InChI is InChI=1S/C20H20N4O3S/c1-3-21-19(26)22-17(25)16(14-9-5-4-6-10-14)28-20-24-23-18(27-20)15-11-7-8-13(2)12-15/h4-12,16H,3H2,1-2H3,(H2,21,22,25,26)/t16-/m0/s1. The lowest BCUT2D eigenvalue weighted by molar-refractivity contribution is -0.119. The lowest BCUT2D eigenvalue weighted by atomic mass is 10.1. The molecule has 144 valence electrons. The molecule has 3 amide bonds. The highest BCUT2D eigenvalue weighted by Crippen LogP contribution is 2.35. The number of carbonyl (C=O) groups is 2. The van der Waals surface area contributed by atoms with Gasteiger partial charge in [-0.05, 0) is 43.3 Å². The average Bonchev–Trinajstić information content (AvgIpc) is 3.15. The van der Waals surface area contributed by atoms with Gasteiger partial charge in [0.1, 0.15) is 5.25 Å². The van der Waals surface area contributed by atoms with Crippen LogP contribution in [-0.4, -0.2) is 28.7 Å². The van der Waals surface area contributed by atoms with Crippen LogP contribution in [0.25, 0.3) is 11.5 Å². The molecule has 0 radical (unpaired) electrons. The van der Waals surface area contributed by atoms with Crippen molar-refractivity contribution in [3.05, 3.63) is 65.7 Å². The fourth-order valence-electron chi connectivity index (χ4n) is 2.54.